The number of halogens is 2. The molecule has 0 spiro atoms. The first-order chi connectivity index (χ1) is 6.63. The number of ether oxygens (including phenoxy) is 1. The van der Waals surface area contributed by atoms with Gasteiger partial charge >= 0.3 is 0 Å². The summed E-state index contributed by atoms with van der Waals surface area (Å²) in [5.74, 6) is 0. The Hall–Kier alpha value is 0.430. The number of rotatable bonds is 2. The Morgan fingerprint density at radius 1 is 1.71 bits per heavy atom. The topological polar surface area (TPSA) is 9.23 Å². The van der Waals surface area contributed by atoms with Gasteiger partial charge in [0.2, 0.25) is 0 Å². The lowest BCUT2D eigenvalue weighted by Crippen LogP contribution is -2.24. The quantitative estimate of drug-likeness (QED) is 0.735. The van der Waals surface area contributed by atoms with Crippen LogP contribution in [-0.4, -0.2) is 10.9 Å². The van der Waals surface area contributed by atoms with Crippen LogP contribution >= 0.6 is 38.9 Å². The molecule has 1 aromatic heterocycles. The molecule has 78 valence electrons. The third-order valence-electron chi connectivity index (χ3n) is 2.56. The SMILES string of the molecule is CC1(CBr)CCC(c2ccc(Cl)s2)O1. The summed E-state index contributed by atoms with van der Waals surface area (Å²) >= 11 is 11.0. The fraction of sp³-hybridized carbons (Fsp3) is 0.600. The minimum atomic E-state index is 0.00112. The van der Waals surface area contributed by atoms with Crippen LogP contribution in [0.5, 0.6) is 0 Å². The maximum Gasteiger partial charge on any atom is 0.0932 e. The zero-order valence-corrected chi connectivity index (χ0v) is 11.1. The van der Waals surface area contributed by atoms with Crippen LogP contribution in [0.4, 0.5) is 0 Å². The Morgan fingerprint density at radius 3 is 3.00 bits per heavy atom. The zero-order chi connectivity index (χ0) is 10.2. The molecular weight excluding hydrogens is 284 g/mol. The standard InChI is InChI=1S/C10H12BrClOS/c1-10(6-11)5-4-7(13-10)8-2-3-9(12)14-8/h2-3,7H,4-6H2,1H3. The molecule has 1 nitrogen and oxygen atoms in total. The molecule has 0 amide bonds. The van der Waals surface area contributed by atoms with Gasteiger partial charge < -0.3 is 4.74 Å². The van der Waals surface area contributed by atoms with Gasteiger partial charge in [-0.05, 0) is 31.9 Å². The molecule has 1 aliphatic heterocycles. The van der Waals surface area contributed by atoms with Crippen molar-refractivity contribution in [2.24, 2.45) is 0 Å². The number of hydrogen-bond donors (Lipinski definition) is 0. The highest BCUT2D eigenvalue weighted by Crippen LogP contribution is 2.42. The van der Waals surface area contributed by atoms with E-state index >= 15 is 0 Å². The highest BCUT2D eigenvalue weighted by atomic mass is 79.9. The number of thiophene rings is 1. The van der Waals surface area contributed by atoms with Gasteiger partial charge in [0.05, 0.1) is 16.0 Å². The van der Waals surface area contributed by atoms with E-state index in [1.165, 1.54) is 4.88 Å². The molecule has 1 fully saturated rings. The first-order valence-electron chi connectivity index (χ1n) is 4.62. The van der Waals surface area contributed by atoms with Gasteiger partial charge in [-0.25, -0.2) is 0 Å². The van der Waals surface area contributed by atoms with Crippen molar-refractivity contribution in [3.05, 3.63) is 21.3 Å². The highest BCUT2D eigenvalue weighted by molar-refractivity contribution is 9.09. The maximum atomic E-state index is 6.00. The third-order valence-corrected chi connectivity index (χ3v) is 5.07. The van der Waals surface area contributed by atoms with E-state index in [1.54, 1.807) is 11.3 Å². The maximum absolute atomic E-state index is 6.00. The Balaban J connectivity index is 2.09. The minimum Gasteiger partial charge on any atom is -0.366 e. The first kappa shape index (κ1) is 10.9. The van der Waals surface area contributed by atoms with Gasteiger partial charge in [-0.15, -0.1) is 11.3 Å². The monoisotopic (exact) mass is 294 g/mol. The summed E-state index contributed by atoms with van der Waals surface area (Å²) in [5.41, 5.74) is 0.00112. The van der Waals surface area contributed by atoms with E-state index in [0.29, 0.717) is 0 Å². The Bertz CT molecular complexity index is 328. The van der Waals surface area contributed by atoms with Gasteiger partial charge in [-0.3, -0.25) is 0 Å². The molecule has 14 heavy (non-hydrogen) atoms. The van der Waals surface area contributed by atoms with Gasteiger partial charge in [0, 0.05) is 10.2 Å². The molecule has 1 aliphatic rings. The Kier molecular flexibility index (Phi) is 3.22. The molecule has 0 aromatic carbocycles. The Morgan fingerprint density at radius 2 is 2.50 bits per heavy atom. The molecule has 0 N–H and O–H groups in total. The normalized spacial score (nSPS) is 32.4. The lowest BCUT2D eigenvalue weighted by molar-refractivity contribution is -0.0105. The fourth-order valence-corrected chi connectivity index (χ4v) is 3.24. The molecule has 0 bridgehead atoms. The first-order valence-corrected chi connectivity index (χ1v) is 6.93. The summed E-state index contributed by atoms with van der Waals surface area (Å²) in [6, 6.07) is 4.01. The van der Waals surface area contributed by atoms with E-state index in [1.807, 2.05) is 6.07 Å². The Labute approximate surface area is 102 Å². The predicted octanol–water partition coefficient (Wildman–Crippen LogP) is 4.41. The van der Waals surface area contributed by atoms with Crippen molar-refractivity contribution in [1.82, 2.24) is 0 Å². The lowest BCUT2D eigenvalue weighted by atomic mass is 10.1. The minimum absolute atomic E-state index is 0.00112. The molecule has 0 aliphatic carbocycles. The summed E-state index contributed by atoms with van der Waals surface area (Å²) in [6.07, 6.45) is 2.45. The summed E-state index contributed by atoms with van der Waals surface area (Å²) in [6.45, 7) is 2.15. The lowest BCUT2D eigenvalue weighted by Gasteiger charge is -2.21. The molecule has 1 aromatic rings. The summed E-state index contributed by atoms with van der Waals surface area (Å²) in [4.78, 5) is 1.25. The van der Waals surface area contributed by atoms with Crippen LogP contribution < -0.4 is 0 Å². The van der Waals surface area contributed by atoms with Gasteiger partial charge in [0.25, 0.3) is 0 Å². The molecule has 0 radical (unpaired) electrons. The van der Waals surface area contributed by atoms with E-state index in [9.17, 15) is 0 Å². The molecule has 2 rings (SSSR count). The number of hydrogen-bond acceptors (Lipinski definition) is 2. The van der Waals surface area contributed by atoms with Crippen LogP contribution in [0.3, 0.4) is 0 Å². The van der Waals surface area contributed by atoms with Crippen molar-refractivity contribution in [1.29, 1.82) is 0 Å². The summed E-state index contributed by atoms with van der Waals surface area (Å²) in [7, 11) is 0. The molecule has 4 heteroatoms. The van der Waals surface area contributed by atoms with E-state index in [0.717, 1.165) is 22.5 Å². The van der Waals surface area contributed by atoms with Crippen molar-refractivity contribution < 1.29 is 4.74 Å². The van der Waals surface area contributed by atoms with Crippen LogP contribution in [-0.2, 0) is 4.74 Å². The van der Waals surface area contributed by atoms with E-state index in [2.05, 4.69) is 28.9 Å². The molecule has 2 unspecified atom stereocenters. The number of alkyl halides is 1. The van der Waals surface area contributed by atoms with Gasteiger partial charge in [0.15, 0.2) is 0 Å². The van der Waals surface area contributed by atoms with Crippen molar-refractivity contribution >= 4 is 38.9 Å². The molecule has 0 saturated carbocycles. The molecule has 1 saturated heterocycles. The molecule has 2 atom stereocenters. The highest BCUT2D eigenvalue weighted by Gasteiger charge is 2.36. The van der Waals surface area contributed by atoms with Crippen molar-refractivity contribution in [3.8, 4) is 0 Å². The second kappa shape index (κ2) is 4.12. The molecular formula is C10H12BrClOS. The van der Waals surface area contributed by atoms with Crippen LogP contribution in [0.15, 0.2) is 12.1 Å². The van der Waals surface area contributed by atoms with Crippen molar-refractivity contribution in [2.45, 2.75) is 31.5 Å². The second-order valence-electron chi connectivity index (χ2n) is 3.87. The largest absolute Gasteiger partial charge is 0.366 e. The van der Waals surface area contributed by atoms with Gasteiger partial charge in [0.1, 0.15) is 0 Å². The smallest absolute Gasteiger partial charge is 0.0932 e. The molecule has 2 heterocycles. The zero-order valence-electron chi connectivity index (χ0n) is 7.93. The average Bonchev–Trinajstić information content (AvgIpc) is 2.73. The van der Waals surface area contributed by atoms with Crippen molar-refractivity contribution in [2.75, 3.05) is 5.33 Å². The van der Waals surface area contributed by atoms with E-state index in [-0.39, 0.29) is 11.7 Å². The van der Waals surface area contributed by atoms with E-state index in [4.69, 9.17) is 16.3 Å². The van der Waals surface area contributed by atoms with Crippen molar-refractivity contribution in [3.63, 3.8) is 0 Å². The van der Waals surface area contributed by atoms with Crippen LogP contribution in [0.2, 0.25) is 4.34 Å². The van der Waals surface area contributed by atoms with E-state index < -0.39 is 0 Å². The predicted molar refractivity (Wildman–Crippen MR) is 64.6 cm³/mol. The summed E-state index contributed by atoms with van der Waals surface area (Å²) in [5, 5.41) is 0.898. The average molecular weight is 296 g/mol. The third kappa shape index (κ3) is 2.16. The van der Waals surface area contributed by atoms with Crippen LogP contribution in [0, 0.1) is 0 Å². The van der Waals surface area contributed by atoms with Crippen LogP contribution in [0.25, 0.3) is 0 Å². The van der Waals surface area contributed by atoms with Gasteiger partial charge in [-0.2, -0.15) is 0 Å². The summed E-state index contributed by atoms with van der Waals surface area (Å²) < 4.78 is 6.85. The fourth-order valence-electron chi connectivity index (χ4n) is 1.70. The van der Waals surface area contributed by atoms with Crippen LogP contribution in [0.1, 0.15) is 30.7 Å². The van der Waals surface area contributed by atoms with Gasteiger partial charge in [-0.1, -0.05) is 27.5 Å². The second-order valence-corrected chi connectivity index (χ2v) is 6.18.